The molecule has 0 rings (SSSR count). The van der Waals surface area contributed by atoms with Crippen molar-refractivity contribution < 1.29 is 14.2 Å². The molecule has 0 aliphatic heterocycles. The van der Waals surface area contributed by atoms with Crippen molar-refractivity contribution in [3.8, 4) is 0 Å². The molecule has 1 atom stereocenters. The van der Waals surface area contributed by atoms with E-state index in [9.17, 15) is 9.50 Å². The summed E-state index contributed by atoms with van der Waals surface area (Å²) in [6.45, 7) is 4.41. The second-order valence-electron chi connectivity index (χ2n) is 2.48. The molecule has 12 heavy (non-hydrogen) atoms. The zero-order chi connectivity index (χ0) is 9.40. The van der Waals surface area contributed by atoms with Gasteiger partial charge in [0.2, 0.25) is 0 Å². The summed E-state index contributed by atoms with van der Waals surface area (Å²) in [5.41, 5.74) is 0. The second kappa shape index (κ2) is 6.97. The second-order valence-corrected chi connectivity index (χ2v) is 2.48. The first-order valence-electron chi connectivity index (χ1n) is 4.03. The van der Waals surface area contributed by atoms with Crippen LogP contribution in [0.4, 0.5) is 0 Å². The van der Waals surface area contributed by atoms with Crippen molar-refractivity contribution in [2.24, 2.45) is 5.92 Å². The van der Waals surface area contributed by atoms with Gasteiger partial charge in [-0.25, -0.2) is 0 Å². The molecule has 0 unspecified atom stereocenters. The van der Waals surface area contributed by atoms with Gasteiger partial charge in [0.15, 0.2) is 0 Å². The third-order valence-corrected chi connectivity index (χ3v) is 1.37. The predicted octanol–water partition coefficient (Wildman–Crippen LogP) is -0.218. The zero-order valence-electron chi connectivity index (χ0n) is 7.50. The molecule has 5 heteroatoms. The van der Waals surface area contributed by atoms with Gasteiger partial charge in [0.1, 0.15) is 0 Å². The van der Waals surface area contributed by atoms with E-state index in [1.165, 1.54) is 0 Å². The molecule has 0 saturated carbocycles. The molecule has 68 valence electrons. The van der Waals surface area contributed by atoms with Crippen molar-refractivity contribution in [2.45, 2.75) is 13.8 Å². The Bertz CT molecular complexity index is 152. The maximum absolute atomic E-state index is 11.0. The maximum atomic E-state index is 11.0. The van der Waals surface area contributed by atoms with E-state index < -0.39 is 0 Å². The number of ether oxygens (including phenoxy) is 1. The molecule has 0 saturated heterocycles. The number of rotatable bonds is 6. The Morgan fingerprint density at radius 3 is 2.83 bits per heavy atom. The van der Waals surface area contributed by atoms with E-state index in [2.05, 4.69) is 5.32 Å². The van der Waals surface area contributed by atoms with Crippen molar-refractivity contribution in [1.82, 2.24) is 5.32 Å². The SMILES string of the molecule is CCOC(=O)[C@@H](C)CNCB=O. The van der Waals surface area contributed by atoms with E-state index in [-0.39, 0.29) is 18.3 Å². The van der Waals surface area contributed by atoms with Crippen LogP contribution in [-0.2, 0) is 14.2 Å². The van der Waals surface area contributed by atoms with Crippen molar-refractivity contribution >= 4 is 13.1 Å². The molecule has 0 radical (unpaired) electrons. The Balaban J connectivity index is 3.49. The molecular weight excluding hydrogens is 157 g/mol. The van der Waals surface area contributed by atoms with Crippen molar-refractivity contribution in [1.29, 1.82) is 0 Å². The molecular formula is C7H14BNO3. The quantitative estimate of drug-likeness (QED) is 0.341. The molecule has 0 aromatic rings. The van der Waals surface area contributed by atoms with Crippen molar-refractivity contribution in [3.05, 3.63) is 0 Å². The van der Waals surface area contributed by atoms with Gasteiger partial charge >= 0.3 is 72.0 Å². The molecule has 0 aliphatic rings. The Kier molecular flexibility index (Phi) is 6.56. The minimum atomic E-state index is -0.226. The van der Waals surface area contributed by atoms with Crippen LogP contribution in [-0.4, -0.2) is 32.7 Å². The molecule has 0 aliphatic carbocycles. The summed E-state index contributed by atoms with van der Waals surface area (Å²) in [5, 5.41) is 2.81. The van der Waals surface area contributed by atoms with Crippen LogP contribution in [0.5, 0.6) is 0 Å². The molecule has 0 aromatic heterocycles. The van der Waals surface area contributed by atoms with Gasteiger partial charge in [0, 0.05) is 0 Å². The molecule has 0 amide bonds. The van der Waals surface area contributed by atoms with Gasteiger partial charge in [-0.15, -0.1) is 0 Å². The van der Waals surface area contributed by atoms with Crippen LogP contribution in [0.1, 0.15) is 13.8 Å². The summed E-state index contributed by atoms with van der Waals surface area (Å²) in [6.07, 6.45) is 0.281. The Hall–Kier alpha value is -0.705. The van der Waals surface area contributed by atoms with Crippen LogP contribution < -0.4 is 5.32 Å². The molecule has 0 heterocycles. The average Bonchev–Trinajstić information content (AvgIpc) is 2.05. The van der Waals surface area contributed by atoms with Gasteiger partial charge in [-0.2, -0.15) is 0 Å². The Morgan fingerprint density at radius 1 is 1.67 bits per heavy atom. The summed E-state index contributed by atoms with van der Waals surface area (Å²) in [4.78, 5) is 11.0. The zero-order valence-corrected chi connectivity index (χ0v) is 7.50. The number of carbonyl (C=O) groups excluding carboxylic acids is 1. The number of nitrogens with one attached hydrogen (secondary N) is 1. The monoisotopic (exact) mass is 171 g/mol. The predicted molar refractivity (Wildman–Crippen MR) is 45.1 cm³/mol. The van der Waals surface area contributed by atoms with Crippen LogP contribution in [0.3, 0.4) is 0 Å². The van der Waals surface area contributed by atoms with Crippen molar-refractivity contribution in [2.75, 3.05) is 19.6 Å². The molecule has 0 spiro atoms. The van der Waals surface area contributed by atoms with Crippen LogP contribution in [0, 0.1) is 5.92 Å². The number of hydrogen-bond donors (Lipinski definition) is 1. The summed E-state index contributed by atoms with van der Waals surface area (Å²) >= 11 is 0. The summed E-state index contributed by atoms with van der Waals surface area (Å²) in [7, 11) is 0.762. The Labute approximate surface area is 72.9 Å². The summed E-state index contributed by atoms with van der Waals surface area (Å²) in [6, 6.07) is 0. The van der Waals surface area contributed by atoms with E-state index in [1.54, 1.807) is 13.8 Å². The fourth-order valence-corrected chi connectivity index (χ4v) is 0.727. The summed E-state index contributed by atoms with van der Waals surface area (Å²) in [5.74, 6) is -0.416. The molecule has 1 N–H and O–H groups in total. The van der Waals surface area contributed by atoms with E-state index in [1.807, 2.05) is 0 Å². The number of esters is 1. The van der Waals surface area contributed by atoms with Crippen LogP contribution in [0.15, 0.2) is 0 Å². The van der Waals surface area contributed by atoms with E-state index in [0.29, 0.717) is 13.2 Å². The van der Waals surface area contributed by atoms with Gasteiger partial charge in [0.05, 0.1) is 0 Å². The molecule has 0 fully saturated rings. The fourth-order valence-electron chi connectivity index (χ4n) is 0.727. The van der Waals surface area contributed by atoms with Gasteiger partial charge in [-0.3, -0.25) is 0 Å². The number of hydrogen-bond acceptors (Lipinski definition) is 4. The van der Waals surface area contributed by atoms with Gasteiger partial charge in [-0.1, -0.05) is 0 Å². The first kappa shape index (κ1) is 11.3. The first-order valence-corrected chi connectivity index (χ1v) is 4.03. The average molecular weight is 171 g/mol. The molecule has 0 bridgehead atoms. The third-order valence-electron chi connectivity index (χ3n) is 1.37. The van der Waals surface area contributed by atoms with E-state index >= 15 is 0 Å². The van der Waals surface area contributed by atoms with Gasteiger partial charge in [0.25, 0.3) is 0 Å². The normalized spacial score (nSPS) is 11.8. The minimum absolute atomic E-state index is 0.190. The van der Waals surface area contributed by atoms with Crippen LogP contribution >= 0.6 is 0 Å². The van der Waals surface area contributed by atoms with Gasteiger partial charge in [-0.05, 0) is 0 Å². The first-order chi connectivity index (χ1) is 5.72. The van der Waals surface area contributed by atoms with E-state index in [4.69, 9.17) is 4.74 Å². The van der Waals surface area contributed by atoms with Crippen LogP contribution in [0.25, 0.3) is 0 Å². The third kappa shape index (κ3) is 5.01. The molecule has 4 nitrogen and oxygen atoms in total. The topological polar surface area (TPSA) is 55.4 Å². The van der Waals surface area contributed by atoms with E-state index in [0.717, 1.165) is 7.15 Å². The Morgan fingerprint density at radius 2 is 2.33 bits per heavy atom. The van der Waals surface area contributed by atoms with Crippen molar-refractivity contribution in [3.63, 3.8) is 0 Å². The standard InChI is InChI=1S/C7H14BNO3/c1-3-12-7(10)6(2)4-9-5-8-11/h6,9H,3-5H2,1-2H3/t6-/m0/s1. The number of carbonyl (C=O) groups is 1. The van der Waals surface area contributed by atoms with Gasteiger partial charge < -0.3 is 0 Å². The summed E-state index contributed by atoms with van der Waals surface area (Å²) < 4.78 is 14.7. The fraction of sp³-hybridized carbons (Fsp3) is 0.857. The van der Waals surface area contributed by atoms with Crippen LogP contribution in [0.2, 0.25) is 0 Å². The molecule has 0 aromatic carbocycles.